The number of carbonyl (C=O) groups excluding carboxylic acids is 2. The molecule has 0 bridgehead atoms. The van der Waals surface area contributed by atoms with Crippen molar-refractivity contribution in [1.82, 2.24) is 0 Å². The third-order valence-electron chi connectivity index (χ3n) is 18.6. The van der Waals surface area contributed by atoms with Gasteiger partial charge in [-0.3, -0.25) is 9.59 Å². The maximum absolute atomic E-state index is 13.0. The van der Waals surface area contributed by atoms with Crippen LogP contribution in [0, 0.1) is 0 Å². The smallest absolute Gasteiger partial charge is 0.361 e. The maximum Gasteiger partial charge on any atom is 0.361 e. The van der Waals surface area contributed by atoms with E-state index in [1.165, 1.54) is 295 Å². The van der Waals surface area contributed by atoms with Crippen LogP contribution in [0.1, 0.15) is 399 Å². The number of carboxylic acids is 1. The van der Waals surface area contributed by atoms with Crippen LogP contribution in [0.4, 0.5) is 0 Å². The molecule has 564 valence electrons. The second-order valence-electron chi connectivity index (χ2n) is 29.4. The van der Waals surface area contributed by atoms with Gasteiger partial charge in [-0.2, -0.15) is 0 Å². The van der Waals surface area contributed by atoms with E-state index in [-0.39, 0.29) is 38.2 Å². The lowest BCUT2D eigenvalue weighted by molar-refractivity contribution is -0.870. The zero-order chi connectivity index (χ0) is 70.4. The molecule has 2 atom stereocenters. The molecule has 9 nitrogen and oxygen atoms in total. The van der Waals surface area contributed by atoms with Crippen molar-refractivity contribution in [3.8, 4) is 0 Å². The second kappa shape index (κ2) is 78.2. The molecule has 0 aliphatic rings. The topological polar surface area (TPSA) is 108 Å². The number of likely N-dealkylation sites (N-methyl/N-ethyl adjacent to an activating group) is 1. The third-order valence-corrected chi connectivity index (χ3v) is 18.6. The Morgan fingerprint density at radius 3 is 0.876 bits per heavy atom. The molecule has 0 aliphatic carbocycles. The monoisotopic (exact) mass is 1360 g/mol. The van der Waals surface area contributed by atoms with Crippen molar-refractivity contribution in [2.45, 2.75) is 411 Å². The fourth-order valence-corrected chi connectivity index (χ4v) is 12.3. The molecular weight excluding hydrogens is 1200 g/mol. The van der Waals surface area contributed by atoms with E-state index in [9.17, 15) is 19.5 Å². The summed E-state index contributed by atoms with van der Waals surface area (Å²) in [6, 6.07) is 0. The number of ether oxygens (including phenoxy) is 4. The fraction of sp³-hybridized carbons (Fsp3) is 0.807. The van der Waals surface area contributed by atoms with Gasteiger partial charge < -0.3 is 28.5 Å². The van der Waals surface area contributed by atoms with Gasteiger partial charge in [-0.15, -0.1) is 0 Å². The number of aliphatic carboxylic acids is 1. The van der Waals surface area contributed by atoms with Crippen LogP contribution >= 0.6 is 0 Å². The molecule has 0 aromatic carbocycles. The summed E-state index contributed by atoms with van der Waals surface area (Å²) in [6.07, 6.45) is 105. The summed E-state index contributed by atoms with van der Waals surface area (Å²) in [6.45, 7) is 4.82. The maximum atomic E-state index is 13.0. The van der Waals surface area contributed by atoms with Crippen molar-refractivity contribution in [2.75, 3.05) is 47.5 Å². The van der Waals surface area contributed by atoms with Gasteiger partial charge >= 0.3 is 17.9 Å². The first-order valence-corrected chi connectivity index (χ1v) is 41.8. The zero-order valence-corrected chi connectivity index (χ0v) is 64.7. The van der Waals surface area contributed by atoms with E-state index in [1.54, 1.807) is 0 Å². The number of carboxylic acid groups (broad SMARTS) is 1. The molecular formula is C88H160NO8+. The molecule has 0 fully saturated rings. The minimum Gasteiger partial charge on any atom is -0.477 e. The summed E-state index contributed by atoms with van der Waals surface area (Å²) in [5.74, 6) is -1.98. The summed E-state index contributed by atoms with van der Waals surface area (Å²) in [5.41, 5.74) is 0. The van der Waals surface area contributed by atoms with Crippen LogP contribution in [0.15, 0.2) is 85.1 Å². The Hall–Kier alpha value is -3.53. The Balaban J connectivity index is 3.96. The van der Waals surface area contributed by atoms with E-state index >= 15 is 0 Å². The predicted octanol–water partition coefficient (Wildman–Crippen LogP) is 26.9. The van der Waals surface area contributed by atoms with Crippen molar-refractivity contribution in [3.63, 3.8) is 0 Å². The number of hydrogen-bond donors (Lipinski definition) is 1. The molecule has 0 radical (unpaired) electrons. The highest BCUT2D eigenvalue weighted by Gasteiger charge is 2.25. The fourth-order valence-electron chi connectivity index (χ4n) is 12.3. The van der Waals surface area contributed by atoms with Crippen LogP contribution in [0.25, 0.3) is 0 Å². The first-order chi connectivity index (χ1) is 47.6. The molecule has 0 aromatic rings. The second-order valence-corrected chi connectivity index (χ2v) is 29.4. The molecule has 0 amide bonds. The van der Waals surface area contributed by atoms with Gasteiger partial charge in [-0.05, 0) is 89.9 Å². The average Bonchev–Trinajstić information content (AvgIpc) is 3.11. The standard InChI is InChI=1S/C88H159NO8/c1-6-8-10-12-14-16-18-20-22-24-26-28-30-32-34-36-38-40-42-43-45-47-49-51-53-55-57-59-61-63-65-67-69-71-73-75-77-79-86(91)97-84(83-96-88(87(92)93)94-81-80-89(3,4)5)82-95-85(90)78-76-74-72-70-68-66-64-62-60-58-56-54-52-50-48-46-44-41-39-37-35-33-31-29-27-25-23-21-19-17-15-13-11-9-7-2/h8,10,14,16,19-22,25-28,32,34,84,88H,6-7,9,11-13,15,17-18,23-24,29-31,33,35-83H2,1-5H3/p+1/b10-8-,16-14-,21-19-,22-20-,27-25-,28-26-,34-32-. The van der Waals surface area contributed by atoms with Crippen LogP contribution in [-0.2, 0) is 33.3 Å². The minimum absolute atomic E-state index is 0.178. The van der Waals surface area contributed by atoms with Crippen molar-refractivity contribution in [1.29, 1.82) is 0 Å². The Kier molecular flexibility index (Phi) is 75.3. The highest BCUT2D eigenvalue weighted by Crippen LogP contribution is 2.20. The lowest BCUT2D eigenvalue weighted by atomic mass is 10.0. The van der Waals surface area contributed by atoms with Gasteiger partial charge in [0.05, 0.1) is 34.4 Å². The van der Waals surface area contributed by atoms with Crippen LogP contribution in [-0.4, -0.2) is 87.4 Å². The Labute approximate surface area is 601 Å². The molecule has 0 aromatic heterocycles. The first kappa shape index (κ1) is 93.5. The van der Waals surface area contributed by atoms with Crippen LogP contribution in [0.3, 0.4) is 0 Å². The van der Waals surface area contributed by atoms with E-state index in [0.717, 1.165) is 77.0 Å². The van der Waals surface area contributed by atoms with Gasteiger partial charge in [-0.25, -0.2) is 4.79 Å². The number of allylic oxidation sites excluding steroid dienone is 14. The molecule has 0 heterocycles. The summed E-state index contributed by atoms with van der Waals surface area (Å²) in [7, 11) is 6.00. The van der Waals surface area contributed by atoms with E-state index in [0.29, 0.717) is 17.4 Å². The number of hydrogen-bond acceptors (Lipinski definition) is 7. The van der Waals surface area contributed by atoms with Crippen molar-refractivity contribution >= 4 is 17.9 Å². The highest BCUT2D eigenvalue weighted by molar-refractivity contribution is 5.71. The quantitative estimate of drug-likeness (QED) is 0.0211. The predicted molar refractivity (Wildman–Crippen MR) is 419 cm³/mol. The zero-order valence-electron chi connectivity index (χ0n) is 64.7. The van der Waals surface area contributed by atoms with Crippen LogP contribution < -0.4 is 0 Å². The molecule has 1 N–H and O–H groups in total. The summed E-state index contributed by atoms with van der Waals surface area (Å²) >= 11 is 0. The van der Waals surface area contributed by atoms with E-state index in [4.69, 9.17) is 18.9 Å². The first-order valence-electron chi connectivity index (χ1n) is 41.8. The Bertz CT molecular complexity index is 1870. The number of rotatable bonds is 78. The molecule has 9 heteroatoms. The molecule has 0 rings (SSSR count). The normalized spacial score (nSPS) is 13.0. The number of quaternary nitrogens is 1. The summed E-state index contributed by atoms with van der Waals surface area (Å²) in [5, 5.41) is 9.78. The largest absolute Gasteiger partial charge is 0.477 e. The number of carbonyl (C=O) groups is 3. The summed E-state index contributed by atoms with van der Waals surface area (Å²) < 4.78 is 23.1. The van der Waals surface area contributed by atoms with Gasteiger partial charge in [0.1, 0.15) is 13.2 Å². The van der Waals surface area contributed by atoms with E-state index in [2.05, 4.69) is 98.9 Å². The third kappa shape index (κ3) is 79.7. The SMILES string of the molecule is CC/C=C\C/C=C\C/C=C\C/C=C\C/C=C\CCCCCCCCCCCCCCCCCCCCCCCC(=O)OC(COC(=O)CCCCCCCCCCCCCCCCCCCCCCCCC/C=C\C/C=C\CCCCCCC)COC(OCC[N+](C)(C)C)C(=O)O. The van der Waals surface area contributed by atoms with Gasteiger partial charge in [0, 0.05) is 12.8 Å². The average molecular weight is 1360 g/mol. The van der Waals surface area contributed by atoms with Crippen LogP contribution in [0.5, 0.6) is 0 Å². The van der Waals surface area contributed by atoms with Gasteiger partial charge in [0.25, 0.3) is 6.29 Å². The van der Waals surface area contributed by atoms with Gasteiger partial charge in [0.2, 0.25) is 0 Å². The number of nitrogens with zero attached hydrogens (tertiary/aromatic N) is 1. The van der Waals surface area contributed by atoms with Crippen molar-refractivity contribution in [3.05, 3.63) is 85.1 Å². The Morgan fingerprint density at radius 2 is 0.588 bits per heavy atom. The van der Waals surface area contributed by atoms with Crippen molar-refractivity contribution < 1.29 is 42.9 Å². The van der Waals surface area contributed by atoms with E-state index < -0.39 is 18.4 Å². The molecule has 0 aliphatic heterocycles. The number of unbranched alkanes of at least 4 members (excludes halogenated alkanes) is 49. The lowest BCUT2D eigenvalue weighted by Gasteiger charge is -2.25. The lowest BCUT2D eigenvalue weighted by Crippen LogP contribution is -2.40. The minimum atomic E-state index is -1.51. The van der Waals surface area contributed by atoms with Crippen molar-refractivity contribution in [2.24, 2.45) is 0 Å². The molecule has 97 heavy (non-hydrogen) atoms. The molecule has 2 unspecified atom stereocenters. The van der Waals surface area contributed by atoms with Crippen LogP contribution in [0.2, 0.25) is 0 Å². The van der Waals surface area contributed by atoms with Gasteiger partial charge in [-0.1, -0.05) is 381 Å². The van der Waals surface area contributed by atoms with Gasteiger partial charge in [0.15, 0.2) is 6.10 Å². The molecule has 0 saturated carbocycles. The Morgan fingerprint density at radius 1 is 0.320 bits per heavy atom. The number of esters is 2. The highest BCUT2D eigenvalue weighted by atomic mass is 16.7. The van der Waals surface area contributed by atoms with E-state index in [1.807, 2.05) is 21.1 Å². The molecule has 0 saturated heterocycles. The summed E-state index contributed by atoms with van der Waals surface area (Å²) in [4.78, 5) is 37.8. The molecule has 0 spiro atoms.